The maximum absolute atomic E-state index is 13.1. The molecule has 0 saturated carbocycles. The van der Waals surface area contributed by atoms with Crippen molar-refractivity contribution < 1.29 is 13.2 Å². The van der Waals surface area contributed by atoms with Crippen LogP contribution in [0.2, 0.25) is 0 Å². The largest absolute Gasteiger partial charge is 0.449 e. The first kappa shape index (κ1) is 13.2. The number of halogens is 2. The van der Waals surface area contributed by atoms with Crippen molar-refractivity contribution in [3.8, 4) is 6.07 Å². The third-order valence-corrected chi connectivity index (χ3v) is 2.80. The standard InChI is InChI=1S/C14H12F2N2O/c1-9(10-2-5-13(15)14(16)6-10)18-8-12-4-3-11(7-17)19-12/h2-6,9,18H,8H2,1H3. The highest BCUT2D eigenvalue weighted by Crippen LogP contribution is 2.17. The van der Waals surface area contributed by atoms with Crippen LogP contribution in [0.15, 0.2) is 34.7 Å². The van der Waals surface area contributed by atoms with Crippen molar-refractivity contribution in [1.29, 1.82) is 5.26 Å². The summed E-state index contributed by atoms with van der Waals surface area (Å²) in [5.41, 5.74) is 0.644. The maximum Gasteiger partial charge on any atom is 0.203 e. The molecule has 1 N–H and O–H groups in total. The van der Waals surface area contributed by atoms with Crippen LogP contribution in [0, 0.1) is 23.0 Å². The fraction of sp³-hybridized carbons (Fsp3) is 0.214. The minimum atomic E-state index is -0.865. The molecule has 1 heterocycles. The van der Waals surface area contributed by atoms with E-state index in [-0.39, 0.29) is 11.8 Å². The first-order valence-electron chi connectivity index (χ1n) is 5.77. The van der Waals surface area contributed by atoms with E-state index in [9.17, 15) is 8.78 Å². The molecule has 0 radical (unpaired) electrons. The molecule has 3 nitrogen and oxygen atoms in total. The summed E-state index contributed by atoms with van der Waals surface area (Å²) in [5, 5.41) is 11.7. The molecule has 5 heteroatoms. The maximum atomic E-state index is 13.1. The summed E-state index contributed by atoms with van der Waals surface area (Å²) in [6, 6.07) is 8.80. The molecule has 0 spiro atoms. The molecule has 1 atom stereocenters. The smallest absolute Gasteiger partial charge is 0.203 e. The van der Waals surface area contributed by atoms with Gasteiger partial charge in [0.25, 0.3) is 0 Å². The Morgan fingerprint density at radius 3 is 2.68 bits per heavy atom. The minimum Gasteiger partial charge on any atom is -0.449 e. The van der Waals surface area contributed by atoms with Crippen LogP contribution in [-0.4, -0.2) is 0 Å². The number of rotatable bonds is 4. The van der Waals surface area contributed by atoms with Gasteiger partial charge in [0.15, 0.2) is 11.6 Å². The Balaban J connectivity index is 1.99. The molecule has 19 heavy (non-hydrogen) atoms. The Bertz CT molecular complexity index is 616. The van der Waals surface area contributed by atoms with Crippen molar-refractivity contribution in [2.45, 2.75) is 19.5 Å². The molecule has 1 aromatic carbocycles. The Morgan fingerprint density at radius 2 is 2.05 bits per heavy atom. The van der Waals surface area contributed by atoms with E-state index in [0.29, 0.717) is 17.9 Å². The van der Waals surface area contributed by atoms with E-state index >= 15 is 0 Å². The number of nitriles is 1. The van der Waals surface area contributed by atoms with E-state index < -0.39 is 11.6 Å². The van der Waals surface area contributed by atoms with Gasteiger partial charge in [-0.1, -0.05) is 6.07 Å². The highest BCUT2D eigenvalue weighted by atomic mass is 19.2. The Kier molecular flexibility index (Phi) is 3.93. The summed E-state index contributed by atoms with van der Waals surface area (Å²) in [6.07, 6.45) is 0. The predicted octanol–water partition coefficient (Wildman–Crippen LogP) is 3.28. The fourth-order valence-electron chi connectivity index (χ4n) is 1.69. The van der Waals surface area contributed by atoms with Crippen molar-refractivity contribution in [1.82, 2.24) is 5.32 Å². The monoisotopic (exact) mass is 262 g/mol. The lowest BCUT2D eigenvalue weighted by Gasteiger charge is -2.13. The molecule has 0 aliphatic rings. The topological polar surface area (TPSA) is 49.0 Å². The summed E-state index contributed by atoms with van der Waals surface area (Å²) in [7, 11) is 0. The molecule has 0 amide bonds. The van der Waals surface area contributed by atoms with Crippen LogP contribution in [0.5, 0.6) is 0 Å². The molecule has 0 fully saturated rings. The van der Waals surface area contributed by atoms with Gasteiger partial charge in [-0.15, -0.1) is 0 Å². The number of hydrogen-bond donors (Lipinski definition) is 1. The minimum absolute atomic E-state index is 0.161. The van der Waals surface area contributed by atoms with E-state index in [4.69, 9.17) is 9.68 Å². The number of nitrogens with zero attached hydrogens (tertiary/aromatic N) is 1. The molecule has 98 valence electrons. The van der Waals surface area contributed by atoms with Crippen LogP contribution in [0.25, 0.3) is 0 Å². The molecular formula is C14H12F2N2O. The first-order valence-corrected chi connectivity index (χ1v) is 5.77. The second-order valence-corrected chi connectivity index (χ2v) is 4.15. The quantitative estimate of drug-likeness (QED) is 0.919. The second-order valence-electron chi connectivity index (χ2n) is 4.15. The third-order valence-electron chi connectivity index (χ3n) is 2.80. The van der Waals surface area contributed by atoms with Crippen molar-refractivity contribution in [3.63, 3.8) is 0 Å². The molecule has 0 saturated heterocycles. The Hall–Kier alpha value is -2.19. The van der Waals surface area contributed by atoms with Crippen LogP contribution in [0.3, 0.4) is 0 Å². The summed E-state index contributed by atoms with van der Waals surface area (Å²) < 4.78 is 31.1. The predicted molar refractivity (Wildman–Crippen MR) is 65.0 cm³/mol. The summed E-state index contributed by atoms with van der Waals surface area (Å²) in [6.45, 7) is 2.24. The zero-order valence-electron chi connectivity index (χ0n) is 10.3. The molecule has 2 rings (SSSR count). The van der Waals surface area contributed by atoms with E-state index in [1.807, 2.05) is 13.0 Å². The lowest BCUT2D eigenvalue weighted by molar-refractivity contribution is 0.451. The number of benzene rings is 1. The van der Waals surface area contributed by atoms with E-state index in [1.165, 1.54) is 6.07 Å². The summed E-state index contributed by atoms with van der Waals surface area (Å²) >= 11 is 0. The molecule has 0 aliphatic heterocycles. The highest BCUT2D eigenvalue weighted by molar-refractivity contribution is 5.22. The molecule has 0 bridgehead atoms. The van der Waals surface area contributed by atoms with Crippen LogP contribution in [0.4, 0.5) is 8.78 Å². The van der Waals surface area contributed by atoms with Gasteiger partial charge in [-0.2, -0.15) is 5.26 Å². The van der Waals surface area contributed by atoms with Crippen LogP contribution < -0.4 is 5.32 Å². The average molecular weight is 262 g/mol. The molecular weight excluding hydrogens is 250 g/mol. The zero-order chi connectivity index (χ0) is 13.8. The van der Waals surface area contributed by atoms with Gasteiger partial charge in [0.05, 0.1) is 6.54 Å². The summed E-state index contributed by atoms with van der Waals surface area (Å²) in [4.78, 5) is 0. The average Bonchev–Trinajstić information content (AvgIpc) is 2.87. The Morgan fingerprint density at radius 1 is 1.26 bits per heavy atom. The van der Waals surface area contributed by atoms with Gasteiger partial charge in [0.1, 0.15) is 11.8 Å². The van der Waals surface area contributed by atoms with Crippen LogP contribution >= 0.6 is 0 Å². The van der Waals surface area contributed by atoms with Crippen molar-refractivity contribution in [3.05, 3.63) is 59.1 Å². The molecule has 1 aromatic heterocycles. The van der Waals surface area contributed by atoms with Gasteiger partial charge in [-0.25, -0.2) is 8.78 Å². The molecule has 1 unspecified atom stereocenters. The number of furan rings is 1. The van der Waals surface area contributed by atoms with Gasteiger partial charge in [0, 0.05) is 6.04 Å². The molecule has 2 aromatic rings. The lowest BCUT2D eigenvalue weighted by Crippen LogP contribution is -2.18. The van der Waals surface area contributed by atoms with Gasteiger partial charge in [0.2, 0.25) is 5.76 Å². The summed E-state index contributed by atoms with van der Waals surface area (Å²) in [5.74, 6) is -0.861. The highest BCUT2D eigenvalue weighted by Gasteiger charge is 2.10. The van der Waals surface area contributed by atoms with E-state index in [1.54, 1.807) is 12.1 Å². The van der Waals surface area contributed by atoms with Gasteiger partial charge < -0.3 is 9.73 Å². The zero-order valence-corrected chi connectivity index (χ0v) is 10.3. The Labute approximate surface area is 109 Å². The van der Waals surface area contributed by atoms with Crippen molar-refractivity contribution >= 4 is 0 Å². The SMILES string of the molecule is CC(NCc1ccc(C#N)o1)c1ccc(F)c(F)c1. The van der Waals surface area contributed by atoms with Gasteiger partial charge in [-0.3, -0.25) is 0 Å². The van der Waals surface area contributed by atoms with Gasteiger partial charge in [-0.05, 0) is 36.8 Å². The van der Waals surface area contributed by atoms with E-state index in [2.05, 4.69) is 5.32 Å². The van der Waals surface area contributed by atoms with Gasteiger partial charge >= 0.3 is 0 Å². The lowest BCUT2D eigenvalue weighted by atomic mass is 10.1. The van der Waals surface area contributed by atoms with E-state index in [0.717, 1.165) is 12.1 Å². The first-order chi connectivity index (χ1) is 9.10. The number of nitrogens with one attached hydrogen (secondary N) is 1. The van der Waals surface area contributed by atoms with Crippen molar-refractivity contribution in [2.24, 2.45) is 0 Å². The van der Waals surface area contributed by atoms with Crippen LogP contribution in [-0.2, 0) is 6.54 Å². The fourth-order valence-corrected chi connectivity index (χ4v) is 1.69. The second kappa shape index (κ2) is 5.63. The third kappa shape index (κ3) is 3.18. The normalized spacial score (nSPS) is 12.1. The van der Waals surface area contributed by atoms with Crippen molar-refractivity contribution in [2.75, 3.05) is 0 Å². The molecule has 0 aliphatic carbocycles. The number of hydrogen-bond acceptors (Lipinski definition) is 3. The van der Waals surface area contributed by atoms with Crippen LogP contribution in [0.1, 0.15) is 30.0 Å².